The third-order valence-corrected chi connectivity index (χ3v) is 4.19. The maximum Gasteiger partial charge on any atom is 0.322 e. The van der Waals surface area contributed by atoms with Crippen LogP contribution in [0.2, 0.25) is 0 Å². The number of nitrogens with one attached hydrogen (secondary N) is 1. The van der Waals surface area contributed by atoms with E-state index >= 15 is 0 Å². The van der Waals surface area contributed by atoms with Crippen LogP contribution in [0, 0.1) is 5.82 Å². The van der Waals surface area contributed by atoms with Crippen molar-refractivity contribution in [1.82, 2.24) is 4.90 Å². The van der Waals surface area contributed by atoms with E-state index in [1.165, 1.54) is 30.9 Å². The smallest absolute Gasteiger partial charge is 0.322 e. The van der Waals surface area contributed by atoms with Crippen LogP contribution in [0.25, 0.3) is 0 Å². The molecule has 1 aliphatic heterocycles. The minimum atomic E-state index is -0.412. The molecule has 1 heterocycles. The molecule has 2 aromatic rings. The number of hydrogen-bond acceptors (Lipinski definition) is 3. The normalized spacial score (nSPS) is 13.2. The lowest BCUT2D eigenvalue weighted by molar-refractivity contribution is 0.206. The summed E-state index contributed by atoms with van der Waals surface area (Å²) in [7, 11) is 1.44. The fourth-order valence-corrected chi connectivity index (χ4v) is 2.93. The molecular weight excluding hydrogens is 323 g/mol. The van der Waals surface area contributed by atoms with E-state index in [9.17, 15) is 9.18 Å². The van der Waals surface area contributed by atoms with Crippen molar-refractivity contribution in [3.8, 4) is 11.5 Å². The molecule has 6 heteroatoms. The maximum atomic E-state index is 13.3. The van der Waals surface area contributed by atoms with Gasteiger partial charge in [0.05, 0.1) is 19.4 Å². The van der Waals surface area contributed by atoms with E-state index in [1.807, 2.05) is 19.1 Å². The highest BCUT2D eigenvalue weighted by molar-refractivity contribution is 5.91. The maximum absolute atomic E-state index is 13.3. The second-order valence-corrected chi connectivity index (χ2v) is 5.81. The lowest BCUT2D eigenvalue weighted by atomic mass is 10.00. The summed E-state index contributed by atoms with van der Waals surface area (Å²) in [5, 5.41) is 2.79. The summed E-state index contributed by atoms with van der Waals surface area (Å²) in [6, 6.07) is 9.79. The number of ether oxygens (including phenoxy) is 2. The predicted octanol–water partition coefficient (Wildman–Crippen LogP) is 3.82. The Labute approximate surface area is 146 Å². The van der Waals surface area contributed by atoms with E-state index in [4.69, 9.17) is 9.47 Å². The van der Waals surface area contributed by atoms with E-state index in [0.29, 0.717) is 31.1 Å². The number of amides is 2. The fraction of sp³-hybridized carbons (Fsp3) is 0.316. The number of urea groups is 1. The number of hydrogen-bond donors (Lipinski definition) is 1. The van der Waals surface area contributed by atoms with E-state index in [1.54, 1.807) is 4.90 Å². The predicted molar refractivity (Wildman–Crippen MR) is 93.7 cm³/mol. The topological polar surface area (TPSA) is 50.8 Å². The van der Waals surface area contributed by atoms with Crippen LogP contribution in [-0.4, -0.2) is 31.2 Å². The van der Waals surface area contributed by atoms with Crippen molar-refractivity contribution >= 4 is 11.7 Å². The third-order valence-electron chi connectivity index (χ3n) is 4.19. The molecular formula is C19H21FN2O3. The summed E-state index contributed by atoms with van der Waals surface area (Å²) >= 11 is 0. The first-order valence-corrected chi connectivity index (χ1v) is 8.24. The number of carbonyl (C=O) groups excluding carboxylic acids is 1. The quantitative estimate of drug-likeness (QED) is 0.917. The standard InChI is InChI=1S/C19H21FN2O3/c1-3-25-16-6-4-13-8-9-22(12-14(13)10-16)19(23)21-17-7-5-15(20)11-18(17)24-2/h4-7,10-11H,3,8-9,12H2,1-2H3,(H,21,23). The Balaban J connectivity index is 1.73. The minimum absolute atomic E-state index is 0.239. The Morgan fingerprint density at radius 2 is 2.08 bits per heavy atom. The molecule has 0 saturated heterocycles. The van der Waals surface area contributed by atoms with Crippen LogP contribution >= 0.6 is 0 Å². The van der Waals surface area contributed by atoms with Gasteiger partial charge in [-0.1, -0.05) is 6.07 Å². The average molecular weight is 344 g/mol. The number of fused-ring (bicyclic) bond motifs is 1. The van der Waals surface area contributed by atoms with Gasteiger partial charge in [0.2, 0.25) is 0 Å². The zero-order valence-corrected chi connectivity index (χ0v) is 14.3. The number of rotatable bonds is 4. The second-order valence-electron chi connectivity index (χ2n) is 5.81. The minimum Gasteiger partial charge on any atom is -0.494 e. The van der Waals surface area contributed by atoms with Crippen molar-refractivity contribution in [1.29, 1.82) is 0 Å². The highest BCUT2D eigenvalue weighted by Crippen LogP contribution is 2.27. The zero-order valence-electron chi connectivity index (χ0n) is 14.3. The van der Waals surface area contributed by atoms with Crippen LogP contribution < -0.4 is 14.8 Å². The van der Waals surface area contributed by atoms with Gasteiger partial charge in [0.1, 0.15) is 17.3 Å². The number of halogens is 1. The molecule has 5 nitrogen and oxygen atoms in total. The molecule has 0 unspecified atom stereocenters. The van der Waals surface area contributed by atoms with Crippen LogP contribution in [0.3, 0.4) is 0 Å². The largest absolute Gasteiger partial charge is 0.494 e. The molecule has 1 aliphatic rings. The fourth-order valence-electron chi connectivity index (χ4n) is 2.93. The SMILES string of the molecule is CCOc1ccc2c(c1)CN(C(=O)Nc1ccc(F)cc1OC)CC2. The summed E-state index contributed by atoms with van der Waals surface area (Å²) in [4.78, 5) is 14.3. The van der Waals surface area contributed by atoms with Crippen LogP contribution in [0.15, 0.2) is 36.4 Å². The Kier molecular flexibility index (Phi) is 5.07. The first kappa shape index (κ1) is 17.1. The lowest BCUT2D eigenvalue weighted by Crippen LogP contribution is -2.38. The summed E-state index contributed by atoms with van der Waals surface area (Å²) < 4.78 is 23.9. The Morgan fingerprint density at radius 3 is 2.84 bits per heavy atom. The Morgan fingerprint density at radius 1 is 1.24 bits per heavy atom. The molecule has 3 rings (SSSR count). The van der Waals surface area contributed by atoms with E-state index in [2.05, 4.69) is 11.4 Å². The monoisotopic (exact) mass is 344 g/mol. The van der Waals surface area contributed by atoms with Crippen LogP contribution in [-0.2, 0) is 13.0 Å². The van der Waals surface area contributed by atoms with Crippen molar-refractivity contribution in [3.63, 3.8) is 0 Å². The Hall–Kier alpha value is -2.76. The van der Waals surface area contributed by atoms with Crippen molar-refractivity contribution in [2.24, 2.45) is 0 Å². The van der Waals surface area contributed by atoms with Crippen LogP contribution in [0.4, 0.5) is 14.9 Å². The highest BCUT2D eigenvalue weighted by Gasteiger charge is 2.22. The molecule has 0 atom stereocenters. The second kappa shape index (κ2) is 7.42. The molecule has 2 aromatic carbocycles. The third kappa shape index (κ3) is 3.84. The van der Waals surface area contributed by atoms with Crippen molar-refractivity contribution in [3.05, 3.63) is 53.3 Å². The summed E-state index contributed by atoms with van der Waals surface area (Å²) in [6.07, 6.45) is 0.787. The summed E-state index contributed by atoms with van der Waals surface area (Å²) in [6.45, 7) is 3.67. The van der Waals surface area contributed by atoms with Gasteiger partial charge in [0, 0.05) is 19.2 Å². The number of carbonyl (C=O) groups is 1. The van der Waals surface area contributed by atoms with Gasteiger partial charge in [-0.3, -0.25) is 0 Å². The van der Waals surface area contributed by atoms with Crippen LogP contribution in [0.1, 0.15) is 18.1 Å². The molecule has 0 fully saturated rings. The number of anilines is 1. The molecule has 1 N–H and O–H groups in total. The van der Waals surface area contributed by atoms with Gasteiger partial charge < -0.3 is 19.7 Å². The van der Waals surface area contributed by atoms with E-state index in [-0.39, 0.29) is 6.03 Å². The first-order chi connectivity index (χ1) is 12.1. The number of benzene rings is 2. The zero-order chi connectivity index (χ0) is 17.8. The van der Waals surface area contributed by atoms with Crippen molar-refractivity contribution in [2.75, 3.05) is 25.6 Å². The van der Waals surface area contributed by atoms with E-state index in [0.717, 1.165) is 17.7 Å². The molecule has 0 bridgehead atoms. The first-order valence-electron chi connectivity index (χ1n) is 8.24. The average Bonchev–Trinajstić information content (AvgIpc) is 2.62. The molecule has 0 saturated carbocycles. The molecule has 0 spiro atoms. The molecule has 2 amide bonds. The van der Waals surface area contributed by atoms with Gasteiger partial charge in [-0.2, -0.15) is 0 Å². The number of nitrogens with zero attached hydrogens (tertiary/aromatic N) is 1. The number of methoxy groups -OCH3 is 1. The molecule has 25 heavy (non-hydrogen) atoms. The molecule has 0 radical (unpaired) electrons. The summed E-state index contributed by atoms with van der Waals surface area (Å²) in [5.41, 5.74) is 2.76. The van der Waals surface area contributed by atoms with Crippen LogP contribution in [0.5, 0.6) is 11.5 Å². The molecule has 0 aliphatic carbocycles. The van der Waals surface area contributed by atoms with Gasteiger partial charge in [0.25, 0.3) is 0 Å². The van der Waals surface area contributed by atoms with Gasteiger partial charge in [0.15, 0.2) is 0 Å². The highest BCUT2D eigenvalue weighted by atomic mass is 19.1. The van der Waals surface area contributed by atoms with Crippen molar-refractivity contribution < 1.29 is 18.7 Å². The van der Waals surface area contributed by atoms with Gasteiger partial charge >= 0.3 is 6.03 Å². The van der Waals surface area contributed by atoms with Crippen molar-refractivity contribution in [2.45, 2.75) is 19.9 Å². The van der Waals surface area contributed by atoms with Gasteiger partial charge in [-0.25, -0.2) is 9.18 Å². The lowest BCUT2D eigenvalue weighted by Gasteiger charge is -2.29. The van der Waals surface area contributed by atoms with E-state index < -0.39 is 5.82 Å². The molecule has 0 aromatic heterocycles. The van der Waals surface area contributed by atoms with Gasteiger partial charge in [-0.05, 0) is 48.7 Å². The molecule has 132 valence electrons. The summed E-state index contributed by atoms with van der Waals surface area (Å²) in [5.74, 6) is 0.693. The Bertz CT molecular complexity index is 779. The van der Waals surface area contributed by atoms with Gasteiger partial charge in [-0.15, -0.1) is 0 Å².